The third-order valence-electron chi connectivity index (χ3n) is 7.61. The average Bonchev–Trinajstić information content (AvgIpc) is 3.60. The normalized spacial score (nSPS) is 18.1. The van der Waals surface area contributed by atoms with Crippen molar-refractivity contribution in [2.75, 3.05) is 72.0 Å². The van der Waals surface area contributed by atoms with Gasteiger partial charge in [0.1, 0.15) is 28.7 Å². The number of anilines is 1. The fraction of sp³-hybridized carbons (Fsp3) is 0.517. The second-order valence-electron chi connectivity index (χ2n) is 10.3. The molecular weight excluding hydrogens is 528 g/mol. The van der Waals surface area contributed by atoms with E-state index in [0.29, 0.717) is 48.9 Å². The SMILES string of the molecule is C=CC(=O)N1CCC(n2nc(C(C(C)=O)c3cc(OC)cc(OC)c3)c(C(N)=O)c2NCCCN2CCOCC2)C1. The number of ether oxygens (including phenoxy) is 3. The van der Waals surface area contributed by atoms with Gasteiger partial charge in [0.15, 0.2) is 0 Å². The standard InChI is InChI=1S/C29H40N6O6/c1-5-24(37)34-10-7-21(18-34)35-29(31-8-6-9-33-11-13-41-14-12-33)26(28(30)38)27(32-35)25(19(2)36)20-15-22(39-3)17-23(16-20)40-4/h5,15-17,21,25,31H,1,6-14,18H2,2-4H3,(H2,30,38). The summed E-state index contributed by atoms with van der Waals surface area (Å²) in [5, 5.41) is 8.28. The van der Waals surface area contributed by atoms with Crippen molar-refractivity contribution in [3.63, 3.8) is 0 Å². The lowest BCUT2D eigenvalue weighted by atomic mass is 9.89. The van der Waals surface area contributed by atoms with E-state index in [1.165, 1.54) is 27.2 Å². The third kappa shape index (κ3) is 6.88. The molecule has 222 valence electrons. The van der Waals surface area contributed by atoms with Crippen molar-refractivity contribution in [1.82, 2.24) is 19.6 Å². The fourth-order valence-corrected chi connectivity index (χ4v) is 5.52. The average molecular weight is 569 g/mol. The van der Waals surface area contributed by atoms with Crippen molar-refractivity contribution < 1.29 is 28.6 Å². The van der Waals surface area contributed by atoms with E-state index in [0.717, 1.165) is 39.3 Å². The number of Topliss-reactive ketones (excluding diaryl/α,β-unsaturated/α-hetero) is 1. The summed E-state index contributed by atoms with van der Waals surface area (Å²) >= 11 is 0. The summed E-state index contributed by atoms with van der Waals surface area (Å²) in [6.45, 7) is 10.6. The molecule has 2 fully saturated rings. The zero-order valence-electron chi connectivity index (χ0n) is 24.1. The lowest BCUT2D eigenvalue weighted by Gasteiger charge is -2.26. The van der Waals surface area contributed by atoms with Gasteiger partial charge in [-0.1, -0.05) is 6.58 Å². The Morgan fingerprint density at radius 1 is 1.17 bits per heavy atom. The molecule has 3 N–H and O–H groups in total. The second-order valence-corrected chi connectivity index (χ2v) is 10.3. The summed E-state index contributed by atoms with van der Waals surface area (Å²) in [7, 11) is 3.06. The van der Waals surface area contributed by atoms with Crippen LogP contribution in [0.2, 0.25) is 0 Å². The molecule has 0 aliphatic carbocycles. The Morgan fingerprint density at radius 3 is 2.44 bits per heavy atom. The fourth-order valence-electron chi connectivity index (χ4n) is 5.52. The minimum Gasteiger partial charge on any atom is -0.497 e. The summed E-state index contributed by atoms with van der Waals surface area (Å²) in [5.41, 5.74) is 6.96. The van der Waals surface area contributed by atoms with Crippen molar-refractivity contribution in [1.29, 1.82) is 0 Å². The highest BCUT2D eigenvalue weighted by Gasteiger charge is 2.36. The van der Waals surface area contributed by atoms with E-state index >= 15 is 0 Å². The molecule has 3 heterocycles. The zero-order chi connectivity index (χ0) is 29.5. The van der Waals surface area contributed by atoms with Crippen LogP contribution in [0.4, 0.5) is 5.82 Å². The van der Waals surface area contributed by atoms with E-state index in [1.54, 1.807) is 27.8 Å². The van der Waals surface area contributed by atoms with Crippen LogP contribution < -0.4 is 20.5 Å². The van der Waals surface area contributed by atoms with Gasteiger partial charge in [-0.05, 0) is 50.1 Å². The first kappa shape index (κ1) is 30.1. The molecule has 2 aromatic rings. The van der Waals surface area contributed by atoms with Crippen LogP contribution in [0, 0.1) is 0 Å². The zero-order valence-corrected chi connectivity index (χ0v) is 24.1. The van der Waals surface area contributed by atoms with Crippen LogP contribution in [-0.2, 0) is 14.3 Å². The summed E-state index contributed by atoms with van der Waals surface area (Å²) in [6, 6.07) is 4.95. The van der Waals surface area contributed by atoms with Crippen LogP contribution in [0.1, 0.15) is 53.3 Å². The Morgan fingerprint density at radius 2 is 1.85 bits per heavy atom. The van der Waals surface area contributed by atoms with Crippen LogP contribution in [0.25, 0.3) is 0 Å². The van der Waals surface area contributed by atoms with E-state index in [2.05, 4.69) is 16.8 Å². The number of hydrogen-bond acceptors (Lipinski definition) is 9. The van der Waals surface area contributed by atoms with Crippen LogP contribution in [-0.4, -0.2) is 104 Å². The van der Waals surface area contributed by atoms with Gasteiger partial charge in [0.05, 0.1) is 45.1 Å². The number of nitrogens with one attached hydrogen (secondary N) is 1. The van der Waals surface area contributed by atoms with Gasteiger partial charge in [-0.15, -0.1) is 0 Å². The molecule has 0 bridgehead atoms. The molecule has 0 spiro atoms. The van der Waals surface area contributed by atoms with Crippen molar-refractivity contribution >= 4 is 23.4 Å². The lowest BCUT2D eigenvalue weighted by Crippen LogP contribution is -2.37. The van der Waals surface area contributed by atoms with Gasteiger partial charge < -0.3 is 30.2 Å². The number of morpholine rings is 1. The molecule has 12 heteroatoms. The topological polar surface area (TPSA) is 141 Å². The summed E-state index contributed by atoms with van der Waals surface area (Å²) in [4.78, 5) is 42.6. The number of hydrogen-bond donors (Lipinski definition) is 2. The molecule has 2 amide bonds. The van der Waals surface area contributed by atoms with E-state index in [-0.39, 0.29) is 29.0 Å². The van der Waals surface area contributed by atoms with Crippen LogP contribution >= 0.6 is 0 Å². The third-order valence-corrected chi connectivity index (χ3v) is 7.61. The van der Waals surface area contributed by atoms with E-state index in [4.69, 9.17) is 25.0 Å². The second kappa shape index (κ2) is 13.6. The molecular formula is C29H40N6O6. The summed E-state index contributed by atoms with van der Waals surface area (Å²) < 4.78 is 18.0. The van der Waals surface area contributed by atoms with E-state index < -0.39 is 11.8 Å². The number of rotatable bonds is 13. The highest BCUT2D eigenvalue weighted by molar-refractivity contribution is 6.01. The number of primary amides is 1. The largest absolute Gasteiger partial charge is 0.497 e. The van der Waals surface area contributed by atoms with Crippen molar-refractivity contribution in [2.24, 2.45) is 5.73 Å². The number of nitrogens with two attached hydrogens (primary N) is 1. The monoisotopic (exact) mass is 568 g/mol. The van der Waals surface area contributed by atoms with Gasteiger partial charge in [0.25, 0.3) is 5.91 Å². The maximum absolute atomic E-state index is 13.2. The first-order valence-electron chi connectivity index (χ1n) is 13.9. The van der Waals surface area contributed by atoms with Gasteiger partial charge in [0, 0.05) is 38.8 Å². The molecule has 2 aliphatic heterocycles. The Kier molecular flexibility index (Phi) is 10.0. The maximum Gasteiger partial charge on any atom is 0.254 e. The molecule has 2 aliphatic rings. The molecule has 2 saturated heterocycles. The Labute approximate surface area is 240 Å². The Bertz CT molecular complexity index is 1250. The number of carbonyl (C=O) groups is 3. The predicted molar refractivity (Wildman–Crippen MR) is 154 cm³/mol. The Hall–Kier alpha value is -3.90. The molecule has 2 unspecified atom stereocenters. The van der Waals surface area contributed by atoms with Crippen LogP contribution in [0.3, 0.4) is 0 Å². The molecule has 12 nitrogen and oxygen atoms in total. The number of benzene rings is 1. The molecule has 0 radical (unpaired) electrons. The minimum atomic E-state index is -0.899. The minimum absolute atomic E-state index is 0.159. The number of nitrogens with zero attached hydrogens (tertiary/aromatic N) is 4. The number of aromatic nitrogens is 2. The van der Waals surface area contributed by atoms with Gasteiger partial charge in [-0.3, -0.25) is 19.3 Å². The van der Waals surface area contributed by atoms with Gasteiger partial charge in [-0.2, -0.15) is 5.10 Å². The first-order valence-corrected chi connectivity index (χ1v) is 13.9. The molecule has 4 rings (SSSR count). The van der Waals surface area contributed by atoms with E-state index in [9.17, 15) is 14.4 Å². The van der Waals surface area contributed by atoms with Crippen molar-refractivity contribution in [2.45, 2.75) is 31.7 Å². The summed E-state index contributed by atoms with van der Waals surface area (Å²) in [5.74, 6) is -0.526. The molecule has 2 atom stereocenters. The number of amides is 2. The molecule has 1 aromatic carbocycles. The van der Waals surface area contributed by atoms with E-state index in [1.807, 2.05) is 0 Å². The first-order chi connectivity index (χ1) is 19.8. The van der Waals surface area contributed by atoms with Crippen LogP contribution in [0.15, 0.2) is 30.9 Å². The lowest BCUT2D eigenvalue weighted by molar-refractivity contribution is -0.125. The van der Waals surface area contributed by atoms with Crippen LogP contribution in [0.5, 0.6) is 11.5 Å². The summed E-state index contributed by atoms with van der Waals surface area (Å²) in [6.07, 6.45) is 2.73. The number of likely N-dealkylation sites (tertiary alicyclic amines) is 1. The molecule has 1 aromatic heterocycles. The van der Waals surface area contributed by atoms with Crippen molar-refractivity contribution in [3.05, 3.63) is 47.7 Å². The number of carbonyl (C=O) groups excluding carboxylic acids is 3. The quantitative estimate of drug-likeness (QED) is 0.273. The predicted octanol–water partition coefficient (Wildman–Crippen LogP) is 1.81. The number of ketones is 1. The van der Waals surface area contributed by atoms with Gasteiger partial charge in [0.2, 0.25) is 5.91 Å². The molecule has 41 heavy (non-hydrogen) atoms. The smallest absolute Gasteiger partial charge is 0.254 e. The van der Waals surface area contributed by atoms with Gasteiger partial charge in [-0.25, -0.2) is 4.68 Å². The highest BCUT2D eigenvalue weighted by atomic mass is 16.5. The van der Waals surface area contributed by atoms with Gasteiger partial charge >= 0.3 is 0 Å². The van der Waals surface area contributed by atoms with Crippen molar-refractivity contribution in [3.8, 4) is 11.5 Å². The highest BCUT2D eigenvalue weighted by Crippen LogP contribution is 2.37. The maximum atomic E-state index is 13.2. The Balaban J connectivity index is 1.74. The molecule has 0 saturated carbocycles. The number of methoxy groups -OCH3 is 2.